The molecule has 90 heavy (non-hydrogen) atoms. The van der Waals surface area contributed by atoms with E-state index in [1.165, 1.54) is 43.0 Å². The molecular formula is C52H84N18O16S4. The van der Waals surface area contributed by atoms with Gasteiger partial charge in [-0.25, -0.2) is 0 Å². The molecule has 38 heteroatoms. The molecule has 1 aromatic carbocycles. The molecule has 34 nitrogen and oxygen atoms in total. The molecule has 1 saturated heterocycles. The van der Waals surface area contributed by atoms with Crippen LogP contribution < -0.4 is 86.7 Å². The van der Waals surface area contributed by atoms with E-state index in [2.05, 4.69) is 114 Å². The number of thiol groups is 4. The number of nitrogens with zero attached hydrogens (tertiary/aromatic N) is 1. The smallest absolute Gasteiger partial charge is 0.245 e. The van der Waals surface area contributed by atoms with Gasteiger partial charge in [0.25, 0.3) is 0 Å². The number of phenolic OH excluding ortho intramolecular Hbond substituents is 1. The van der Waals surface area contributed by atoms with E-state index in [-0.39, 0.29) is 80.5 Å². The molecule has 0 saturated carbocycles. The number of phenols is 1. The highest BCUT2D eigenvalue weighted by atomic mass is 32.1. The number of carbonyl (C=O) groups is 14. The lowest BCUT2D eigenvalue weighted by Crippen LogP contribution is -2.60. The summed E-state index contributed by atoms with van der Waals surface area (Å²) in [6.45, 7) is 1.04. The Morgan fingerprint density at radius 3 is 1.63 bits per heavy atom. The molecule has 2 rings (SSSR count). The lowest BCUT2D eigenvalue weighted by molar-refractivity contribution is -0.142. The van der Waals surface area contributed by atoms with Gasteiger partial charge in [0.05, 0.1) is 19.6 Å². The Morgan fingerprint density at radius 1 is 0.589 bits per heavy atom. The van der Waals surface area contributed by atoms with Gasteiger partial charge in [0.2, 0.25) is 82.7 Å². The number of carbonyl (C=O) groups excluding carboxylic acids is 14. The molecule has 0 aromatic heterocycles. The molecule has 0 bridgehead atoms. The number of hydrogen-bond donors (Lipinski definition) is 23. The summed E-state index contributed by atoms with van der Waals surface area (Å²) in [4.78, 5) is 186. The van der Waals surface area contributed by atoms with E-state index in [0.29, 0.717) is 24.8 Å². The standard InChI is InChI=1S/C52H84N18O16S4/c1-25(60-50(85)38-9-6-16-70(38)51(86)30(7-3-4-14-53)63-49(84)37(24-90)69-48(83)36(23-89)61-26(2)72)42(77)68-35(22-88)43(78)59-19-40(75)62-29(8-5-15-58-52(56)57)44(79)65-32(18-39(54)74)46(81)64-31(17-27-10-12-28(73)13-11-27)45(80)66-33(20-71)47(82)67-34(21-87)41(55)76/h10-13,25,29-38,71,73,87-90H,3-9,14-24,53H2,1-2H3,(H2,54,74)(H2,55,76)(H,59,78)(H,60,85)(H,61,72)(H,62,75)(H,63,84)(H,64,81)(H,65,79)(H,66,80)(H,67,82)(H,68,77)(H,69,83)(H4,56,57,58)/t25-,29-,30-,31-,32-,33-,34-,35-,36-,37-,38-/m0/s1. The summed E-state index contributed by atoms with van der Waals surface area (Å²) >= 11 is 16.4. The average Bonchev–Trinajstić information content (AvgIpc) is 2.60. The third kappa shape index (κ3) is 27.5. The van der Waals surface area contributed by atoms with E-state index in [1.807, 2.05) is 0 Å². The fourth-order valence-electron chi connectivity index (χ4n) is 8.61. The first kappa shape index (κ1) is 78.3. The van der Waals surface area contributed by atoms with Gasteiger partial charge < -0.3 is 102 Å². The van der Waals surface area contributed by atoms with Crippen molar-refractivity contribution in [2.75, 3.05) is 55.8 Å². The SMILES string of the molecule is CC(=O)N[C@@H](CS)C(=O)N[C@@H](CS)C(=O)N[C@@H](CCCCN)C(=O)N1CCC[C@H]1C(=O)N[C@@H](C)C(=O)N[C@@H](CS)C(=O)NCC(=O)N[C@@H](CCCNC(=N)N)C(=O)N[C@@H](CC(N)=O)C(=O)N[C@@H](Cc1ccc(O)cc1)C(=O)N[C@@H](CO)C(=O)N[C@@H](CS)C(N)=O. The first-order chi connectivity index (χ1) is 42.5. The average molecular weight is 1350 g/mol. The molecule has 1 aliphatic heterocycles. The van der Waals surface area contributed by atoms with Gasteiger partial charge in [-0.05, 0) is 76.1 Å². The van der Waals surface area contributed by atoms with Crippen LogP contribution in [0.15, 0.2) is 24.3 Å². The first-order valence-electron chi connectivity index (χ1n) is 28.3. The van der Waals surface area contributed by atoms with Crippen molar-refractivity contribution in [2.24, 2.45) is 22.9 Å². The summed E-state index contributed by atoms with van der Waals surface area (Å²) in [5.74, 6) is -14.2. The van der Waals surface area contributed by atoms with Crippen molar-refractivity contribution in [3.63, 3.8) is 0 Å². The number of guanidine groups is 1. The summed E-state index contributed by atoms with van der Waals surface area (Å²) in [6.07, 6.45) is 0.0890. The second-order valence-corrected chi connectivity index (χ2v) is 22.0. The molecule has 0 aliphatic carbocycles. The molecule has 502 valence electrons. The molecule has 0 spiro atoms. The number of aliphatic hydroxyl groups excluding tert-OH is 1. The van der Waals surface area contributed by atoms with Crippen molar-refractivity contribution in [3.8, 4) is 5.75 Å². The fraction of sp³-hybridized carbons (Fsp3) is 0.596. The van der Waals surface area contributed by atoms with Crippen LogP contribution in [0.1, 0.15) is 70.8 Å². The van der Waals surface area contributed by atoms with E-state index in [0.717, 1.165) is 0 Å². The Morgan fingerprint density at radius 2 is 1.08 bits per heavy atom. The molecule has 14 amide bonds. The number of aliphatic hydroxyl groups is 1. The number of aromatic hydroxyl groups is 1. The van der Waals surface area contributed by atoms with Crippen LogP contribution >= 0.6 is 50.5 Å². The second kappa shape index (κ2) is 40.7. The summed E-state index contributed by atoms with van der Waals surface area (Å²) in [7, 11) is 0. The van der Waals surface area contributed by atoms with Gasteiger partial charge in [0, 0.05) is 49.4 Å². The number of primary amides is 2. The quantitative estimate of drug-likeness (QED) is 0.0126. The molecule has 1 fully saturated rings. The van der Waals surface area contributed by atoms with Crippen LogP contribution in [0.25, 0.3) is 0 Å². The number of nitrogens with two attached hydrogens (primary N) is 4. The van der Waals surface area contributed by atoms with Crippen LogP contribution in [-0.4, -0.2) is 226 Å². The van der Waals surface area contributed by atoms with Gasteiger partial charge in [-0.1, -0.05) is 12.1 Å². The monoisotopic (exact) mass is 1340 g/mol. The number of rotatable bonds is 40. The summed E-state index contributed by atoms with van der Waals surface area (Å²) < 4.78 is 0. The minimum absolute atomic E-state index is 0.00660. The first-order valence-corrected chi connectivity index (χ1v) is 30.8. The van der Waals surface area contributed by atoms with E-state index in [4.69, 9.17) is 28.3 Å². The highest BCUT2D eigenvalue weighted by Gasteiger charge is 2.40. The normalized spacial score (nSPS) is 15.9. The third-order valence-electron chi connectivity index (χ3n) is 13.4. The summed E-state index contributed by atoms with van der Waals surface area (Å²) in [5.41, 5.74) is 22.2. The van der Waals surface area contributed by atoms with Crippen molar-refractivity contribution in [2.45, 2.75) is 138 Å². The van der Waals surface area contributed by atoms with Crippen molar-refractivity contribution in [1.82, 2.24) is 68.7 Å². The third-order valence-corrected chi connectivity index (χ3v) is 14.9. The summed E-state index contributed by atoms with van der Waals surface area (Å²) in [5, 5.41) is 56.3. The summed E-state index contributed by atoms with van der Waals surface area (Å²) in [6, 6.07) is -10.1. The number of hydrogen-bond acceptors (Lipinski definition) is 22. The zero-order chi connectivity index (χ0) is 67.8. The molecular weight excluding hydrogens is 1260 g/mol. The lowest BCUT2D eigenvalue weighted by atomic mass is 10.0. The maximum absolute atomic E-state index is 14.1. The van der Waals surface area contributed by atoms with Crippen LogP contribution in [-0.2, 0) is 73.5 Å². The zero-order valence-electron chi connectivity index (χ0n) is 49.5. The molecule has 1 aromatic rings. The van der Waals surface area contributed by atoms with Gasteiger partial charge in [0.15, 0.2) is 5.96 Å². The van der Waals surface area contributed by atoms with E-state index in [9.17, 15) is 77.3 Å². The molecule has 1 aliphatic rings. The number of unbranched alkanes of at least 4 members (excludes halogenated alkanes) is 1. The largest absolute Gasteiger partial charge is 0.508 e. The van der Waals surface area contributed by atoms with Crippen molar-refractivity contribution in [3.05, 3.63) is 29.8 Å². The molecule has 23 N–H and O–H groups in total. The van der Waals surface area contributed by atoms with Crippen molar-refractivity contribution in [1.29, 1.82) is 5.41 Å². The lowest BCUT2D eigenvalue weighted by Gasteiger charge is -2.30. The Labute approximate surface area is 540 Å². The van der Waals surface area contributed by atoms with Gasteiger partial charge in [-0.3, -0.25) is 72.5 Å². The van der Waals surface area contributed by atoms with E-state index in [1.54, 1.807) is 0 Å². The van der Waals surface area contributed by atoms with Crippen molar-refractivity contribution < 1.29 is 77.3 Å². The highest BCUT2D eigenvalue weighted by Crippen LogP contribution is 2.21. The Kier molecular flexibility index (Phi) is 35.4. The Hall–Kier alpha value is -7.81. The second-order valence-electron chi connectivity index (χ2n) is 20.6. The molecule has 11 atom stereocenters. The minimum atomic E-state index is -1.85. The van der Waals surface area contributed by atoms with Crippen LogP contribution in [0.5, 0.6) is 5.75 Å². The van der Waals surface area contributed by atoms with E-state index >= 15 is 0 Å². The van der Waals surface area contributed by atoms with Crippen LogP contribution in [0.3, 0.4) is 0 Å². The Bertz CT molecular complexity index is 2700. The molecule has 0 radical (unpaired) electrons. The Balaban J connectivity index is 2.23. The van der Waals surface area contributed by atoms with Gasteiger partial charge in [-0.15, -0.1) is 0 Å². The topological polar surface area (TPSA) is 555 Å². The number of amides is 14. The number of benzene rings is 1. The maximum Gasteiger partial charge on any atom is 0.245 e. The van der Waals surface area contributed by atoms with Gasteiger partial charge in [-0.2, -0.15) is 50.5 Å². The number of likely N-dealkylation sites (tertiary alicyclic amines) is 1. The predicted octanol–water partition coefficient (Wildman–Crippen LogP) is -8.61. The minimum Gasteiger partial charge on any atom is -0.508 e. The molecule has 0 unspecified atom stereocenters. The van der Waals surface area contributed by atoms with Gasteiger partial charge in [0.1, 0.15) is 72.2 Å². The van der Waals surface area contributed by atoms with Crippen LogP contribution in [0, 0.1) is 5.41 Å². The zero-order valence-corrected chi connectivity index (χ0v) is 53.1. The van der Waals surface area contributed by atoms with Crippen LogP contribution in [0.2, 0.25) is 0 Å². The predicted molar refractivity (Wildman–Crippen MR) is 338 cm³/mol. The van der Waals surface area contributed by atoms with Crippen LogP contribution in [0.4, 0.5) is 0 Å². The molecule has 1 heterocycles. The maximum atomic E-state index is 14.1. The fourth-order valence-corrected chi connectivity index (χ4v) is 9.65. The highest BCUT2D eigenvalue weighted by molar-refractivity contribution is 7.80. The van der Waals surface area contributed by atoms with E-state index < -0.39 is 175 Å². The van der Waals surface area contributed by atoms with Gasteiger partial charge >= 0.3 is 0 Å². The number of nitrogens with one attached hydrogen (secondary N) is 13. The van der Waals surface area contributed by atoms with Crippen molar-refractivity contribution >= 4 is 139 Å².